The van der Waals surface area contributed by atoms with Crippen LogP contribution in [0.2, 0.25) is 5.02 Å². The van der Waals surface area contributed by atoms with E-state index in [4.69, 9.17) is 16.3 Å². The summed E-state index contributed by atoms with van der Waals surface area (Å²) in [7, 11) is 3.55. The maximum Gasteiger partial charge on any atom is 0.410 e. The van der Waals surface area contributed by atoms with Gasteiger partial charge in [-0.1, -0.05) is 23.7 Å². The molecule has 3 heterocycles. The summed E-state index contributed by atoms with van der Waals surface area (Å²) in [5, 5.41) is 7.01. The first kappa shape index (κ1) is 21.8. The summed E-state index contributed by atoms with van der Waals surface area (Å²) in [6.45, 7) is 2.54. The predicted molar refractivity (Wildman–Crippen MR) is 109 cm³/mol. The predicted octanol–water partition coefficient (Wildman–Crippen LogP) is 2.18. The second-order valence-corrected chi connectivity index (χ2v) is 8.35. The minimum absolute atomic E-state index is 0.0131. The van der Waals surface area contributed by atoms with E-state index < -0.39 is 24.2 Å². The summed E-state index contributed by atoms with van der Waals surface area (Å²) in [5.41, 5.74) is 0.516. The van der Waals surface area contributed by atoms with Gasteiger partial charge in [-0.15, -0.1) is 0 Å². The van der Waals surface area contributed by atoms with Crippen LogP contribution in [-0.2, 0) is 0 Å². The van der Waals surface area contributed by atoms with Crippen LogP contribution >= 0.6 is 11.6 Å². The Labute approximate surface area is 182 Å². The molecule has 1 aromatic heterocycles. The summed E-state index contributed by atoms with van der Waals surface area (Å²) in [6.07, 6.45) is -4.82. The van der Waals surface area contributed by atoms with Gasteiger partial charge in [0.15, 0.2) is 11.7 Å². The van der Waals surface area contributed by atoms with Gasteiger partial charge in [0.1, 0.15) is 16.6 Å². The summed E-state index contributed by atoms with van der Waals surface area (Å²) in [5.74, 6) is 0.180. The number of rotatable bonds is 3. The number of benzene rings is 1. The first-order chi connectivity index (χ1) is 14.7. The zero-order valence-electron chi connectivity index (χ0n) is 17.2. The average molecular weight is 459 g/mol. The molecule has 2 aliphatic rings. The van der Waals surface area contributed by atoms with Gasteiger partial charge in [-0.25, -0.2) is 4.68 Å². The Morgan fingerprint density at radius 2 is 1.90 bits per heavy atom. The van der Waals surface area contributed by atoms with Gasteiger partial charge in [0.25, 0.3) is 5.91 Å². The smallest absolute Gasteiger partial charge is 0.410 e. The molecule has 0 aliphatic carbocycles. The molecule has 0 spiro atoms. The van der Waals surface area contributed by atoms with Gasteiger partial charge in [-0.05, 0) is 17.7 Å². The third kappa shape index (κ3) is 4.18. The standard InChI is InChI=1S/C20H23ClF3N5O2/c1-27-7-9-28(10-8-27)19(30)17-16(21)18-25-14(12-3-5-13(31-2)6-4-12)11-15(20(22,23)24)29(18)26-17/h3-6,14-15,25H,7-11H2,1-2H3/p+1/t14-,15+/m0/s1. The topological polar surface area (TPSA) is 63.8 Å². The van der Waals surface area contributed by atoms with Gasteiger partial charge in [0, 0.05) is 6.42 Å². The van der Waals surface area contributed by atoms with Crippen molar-refractivity contribution in [2.45, 2.75) is 24.7 Å². The highest BCUT2D eigenvalue weighted by Crippen LogP contribution is 2.46. The van der Waals surface area contributed by atoms with Crippen LogP contribution < -0.4 is 15.0 Å². The van der Waals surface area contributed by atoms with Gasteiger partial charge in [0.2, 0.25) is 0 Å². The molecule has 7 nitrogen and oxygen atoms in total. The Hall–Kier alpha value is -2.46. The molecule has 4 rings (SSSR count). The molecule has 2 N–H and O–H groups in total. The monoisotopic (exact) mass is 458 g/mol. The lowest BCUT2D eigenvalue weighted by molar-refractivity contribution is -0.883. The molecule has 1 amide bonds. The highest BCUT2D eigenvalue weighted by atomic mass is 35.5. The van der Waals surface area contributed by atoms with Crippen LogP contribution in [0.15, 0.2) is 24.3 Å². The first-order valence-corrected chi connectivity index (χ1v) is 10.4. The molecule has 0 radical (unpaired) electrons. The van der Waals surface area contributed by atoms with Gasteiger partial charge in [-0.3, -0.25) is 4.79 Å². The van der Waals surface area contributed by atoms with Crippen molar-refractivity contribution in [2.75, 3.05) is 45.7 Å². The number of halogens is 4. The number of aromatic nitrogens is 2. The van der Waals surface area contributed by atoms with E-state index in [0.29, 0.717) is 24.4 Å². The molecular weight excluding hydrogens is 435 g/mol. The number of alkyl halides is 3. The molecule has 2 aromatic rings. The number of anilines is 1. The average Bonchev–Trinajstić information content (AvgIpc) is 3.09. The number of amides is 1. The lowest BCUT2D eigenvalue weighted by atomic mass is 9.97. The number of fused-ring (bicyclic) bond motifs is 1. The quantitative estimate of drug-likeness (QED) is 0.740. The fourth-order valence-corrected chi connectivity index (χ4v) is 4.28. The Bertz CT molecular complexity index is 955. The largest absolute Gasteiger partial charge is 0.497 e. The van der Waals surface area contributed by atoms with Crippen molar-refractivity contribution >= 4 is 23.3 Å². The van der Waals surface area contributed by atoms with E-state index in [-0.39, 0.29) is 23.0 Å². The molecule has 0 bridgehead atoms. The summed E-state index contributed by atoms with van der Waals surface area (Å²) >= 11 is 6.41. The molecule has 31 heavy (non-hydrogen) atoms. The second kappa shape index (κ2) is 8.23. The van der Waals surface area contributed by atoms with Crippen LogP contribution in [-0.4, -0.2) is 67.1 Å². The lowest BCUT2D eigenvalue weighted by Crippen LogP contribution is -3.12. The maximum absolute atomic E-state index is 13.9. The van der Waals surface area contributed by atoms with Gasteiger partial charge >= 0.3 is 6.18 Å². The minimum Gasteiger partial charge on any atom is -0.497 e. The van der Waals surface area contributed by atoms with Crippen LogP contribution in [0, 0.1) is 0 Å². The molecule has 1 fully saturated rings. The third-order valence-electron chi connectivity index (χ3n) is 5.92. The number of carbonyl (C=O) groups is 1. The number of nitrogens with zero attached hydrogens (tertiary/aromatic N) is 3. The van der Waals surface area contributed by atoms with Crippen LogP contribution in [0.3, 0.4) is 0 Å². The van der Waals surface area contributed by atoms with E-state index in [1.807, 2.05) is 7.05 Å². The van der Waals surface area contributed by atoms with Gasteiger partial charge in [-0.2, -0.15) is 18.3 Å². The molecule has 0 unspecified atom stereocenters. The zero-order valence-corrected chi connectivity index (χ0v) is 17.9. The van der Waals surface area contributed by atoms with Crippen molar-refractivity contribution in [1.82, 2.24) is 14.7 Å². The van der Waals surface area contributed by atoms with Gasteiger partial charge in [0.05, 0.1) is 46.4 Å². The van der Waals surface area contributed by atoms with E-state index in [2.05, 4.69) is 10.4 Å². The van der Waals surface area contributed by atoms with Crippen LogP contribution in [0.4, 0.5) is 19.0 Å². The minimum atomic E-state index is -4.55. The number of hydrogen-bond donors (Lipinski definition) is 2. The molecule has 1 aromatic carbocycles. The van der Waals surface area contributed by atoms with Crippen LogP contribution in [0.25, 0.3) is 0 Å². The Morgan fingerprint density at radius 3 is 2.48 bits per heavy atom. The number of quaternary nitrogens is 1. The summed E-state index contributed by atoms with van der Waals surface area (Å²) < 4.78 is 47.7. The van der Waals surface area contributed by atoms with E-state index in [1.165, 1.54) is 12.0 Å². The lowest BCUT2D eigenvalue weighted by Gasteiger charge is -2.33. The maximum atomic E-state index is 13.9. The SMILES string of the molecule is COc1ccc([C@@H]2C[C@H](C(F)(F)F)n3nc(C(=O)N4CC[NH+](C)CC4)c(Cl)c3N2)cc1. The van der Waals surface area contributed by atoms with Crippen molar-refractivity contribution in [3.05, 3.63) is 40.5 Å². The molecule has 0 saturated carbocycles. The number of nitrogens with one attached hydrogen (secondary N) is 2. The number of hydrogen-bond acceptors (Lipinski definition) is 4. The number of likely N-dealkylation sites (N-methyl/N-ethyl adjacent to an activating group) is 1. The summed E-state index contributed by atoms with van der Waals surface area (Å²) in [4.78, 5) is 15.8. The number of methoxy groups -OCH3 is 1. The van der Waals surface area contributed by atoms with Gasteiger partial charge < -0.3 is 19.9 Å². The third-order valence-corrected chi connectivity index (χ3v) is 6.28. The van der Waals surface area contributed by atoms with Crippen LogP contribution in [0.5, 0.6) is 5.75 Å². The number of ether oxygens (including phenoxy) is 1. The second-order valence-electron chi connectivity index (χ2n) is 7.97. The molecule has 1 saturated heterocycles. The van der Waals surface area contributed by atoms with Crippen molar-refractivity contribution in [1.29, 1.82) is 0 Å². The zero-order chi connectivity index (χ0) is 22.3. The molecule has 2 atom stereocenters. The Balaban J connectivity index is 1.68. The highest BCUT2D eigenvalue weighted by Gasteiger charge is 2.48. The number of carbonyl (C=O) groups excluding carboxylic acids is 1. The molecule has 168 valence electrons. The molecule has 2 aliphatic heterocycles. The van der Waals surface area contributed by atoms with E-state index in [0.717, 1.165) is 17.8 Å². The fourth-order valence-electron chi connectivity index (χ4n) is 4.02. The van der Waals surface area contributed by atoms with Crippen molar-refractivity contribution < 1.29 is 27.6 Å². The van der Waals surface area contributed by atoms with Crippen LogP contribution in [0.1, 0.15) is 34.6 Å². The van der Waals surface area contributed by atoms with Crippen molar-refractivity contribution in [3.63, 3.8) is 0 Å². The Kier molecular flexibility index (Phi) is 5.78. The molecular formula is C20H24ClF3N5O2+. The molecule has 11 heteroatoms. The highest BCUT2D eigenvalue weighted by molar-refractivity contribution is 6.36. The summed E-state index contributed by atoms with van der Waals surface area (Å²) in [6, 6.07) is 4.26. The normalized spacial score (nSPS) is 22.1. The number of piperazine rings is 1. The van der Waals surface area contributed by atoms with E-state index >= 15 is 0 Å². The van der Waals surface area contributed by atoms with Crippen molar-refractivity contribution in [3.8, 4) is 5.75 Å². The van der Waals surface area contributed by atoms with Crippen molar-refractivity contribution in [2.24, 2.45) is 0 Å². The van der Waals surface area contributed by atoms with E-state index in [9.17, 15) is 18.0 Å². The fraction of sp³-hybridized carbons (Fsp3) is 0.500. The Morgan fingerprint density at radius 1 is 1.26 bits per heavy atom. The first-order valence-electron chi connectivity index (χ1n) is 10.0. The van der Waals surface area contributed by atoms with E-state index in [1.54, 1.807) is 29.2 Å².